The molecular weight excluding hydrogens is 260 g/mol. The molecule has 1 saturated carbocycles. The van der Waals surface area contributed by atoms with Gasteiger partial charge >= 0.3 is 0 Å². The molecule has 94 valence electrons. The van der Waals surface area contributed by atoms with Gasteiger partial charge in [-0.25, -0.2) is 9.97 Å². The SMILES string of the molecule is N#Cc1nccnc1NC1CC1c1cccc(Cl)c1. The molecule has 0 aliphatic heterocycles. The number of hydrogen-bond acceptors (Lipinski definition) is 4. The number of halogens is 1. The van der Waals surface area contributed by atoms with Crippen LogP contribution in [0.4, 0.5) is 5.82 Å². The molecule has 0 amide bonds. The number of nitrogens with zero attached hydrogens (tertiary/aromatic N) is 3. The normalized spacial score (nSPS) is 20.6. The second-order valence-corrected chi connectivity index (χ2v) is 4.95. The van der Waals surface area contributed by atoms with Crippen molar-refractivity contribution < 1.29 is 0 Å². The third-order valence-corrected chi connectivity index (χ3v) is 3.43. The lowest BCUT2D eigenvalue weighted by molar-refractivity contribution is 1.02. The minimum Gasteiger partial charge on any atom is -0.364 e. The minimum absolute atomic E-state index is 0.294. The van der Waals surface area contributed by atoms with Crippen molar-refractivity contribution in [2.75, 3.05) is 5.32 Å². The quantitative estimate of drug-likeness (QED) is 0.931. The van der Waals surface area contributed by atoms with E-state index in [0.717, 1.165) is 11.4 Å². The first-order chi connectivity index (χ1) is 9.28. The van der Waals surface area contributed by atoms with Crippen LogP contribution >= 0.6 is 11.6 Å². The Morgan fingerprint density at radius 2 is 2.16 bits per heavy atom. The van der Waals surface area contributed by atoms with E-state index in [4.69, 9.17) is 16.9 Å². The van der Waals surface area contributed by atoms with Crippen molar-refractivity contribution in [1.29, 1.82) is 5.26 Å². The summed E-state index contributed by atoms with van der Waals surface area (Å²) in [6, 6.07) is 10.2. The van der Waals surface area contributed by atoms with Gasteiger partial charge in [0.1, 0.15) is 6.07 Å². The van der Waals surface area contributed by atoms with Crippen LogP contribution in [0.1, 0.15) is 23.6 Å². The maximum absolute atomic E-state index is 8.96. The van der Waals surface area contributed by atoms with Crippen molar-refractivity contribution in [3.8, 4) is 6.07 Å². The molecular formula is C14H11ClN4. The van der Waals surface area contributed by atoms with E-state index in [0.29, 0.717) is 23.5 Å². The van der Waals surface area contributed by atoms with Gasteiger partial charge < -0.3 is 5.32 Å². The van der Waals surface area contributed by atoms with Crippen LogP contribution in [0.2, 0.25) is 5.02 Å². The summed E-state index contributed by atoms with van der Waals surface area (Å²) in [6.07, 6.45) is 4.12. The third-order valence-electron chi connectivity index (χ3n) is 3.19. The molecule has 1 aromatic carbocycles. The van der Waals surface area contributed by atoms with Crippen molar-refractivity contribution in [2.45, 2.75) is 18.4 Å². The van der Waals surface area contributed by atoms with Crippen molar-refractivity contribution in [1.82, 2.24) is 9.97 Å². The molecule has 5 heteroatoms. The molecule has 2 atom stereocenters. The lowest BCUT2D eigenvalue weighted by Gasteiger charge is -2.06. The standard InChI is InChI=1S/C14H11ClN4/c15-10-3-1-2-9(6-10)11-7-12(11)19-14-13(8-16)17-4-5-18-14/h1-6,11-12H,7H2,(H,18,19). The van der Waals surface area contributed by atoms with E-state index in [1.165, 1.54) is 11.8 Å². The lowest BCUT2D eigenvalue weighted by Crippen LogP contribution is -2.08. The highest BCUT2D eigenvalue weighted by Crippen LogP contribution is 2.43. The summed E-state index contributed by atoms with van der Waals surface area (Å²) in [7, 11) is 0. The van der Waals surface area contributed by atoms with Crippen molar-refractivity contribution >= 4 is 17.4 Å². The van der Waals surface area contributed by atoms with Crippen LogP contribution < -0.4 is 5.32 Å². The molecule has 2 aromatic rings. The Balaban J connectivity index is 1.73. The summed E-state index contributed by atoms with van der Waals surface area (Å²) in [5.74, 6) is 0.978. The molecule has 19 heavy (non-hydrogen) atoms. The van der Waals surface area contributed by atoms with E-state index in [-0.39, 0.29) is 0 Å². The van der Waals surface area contributed by atoms with Gasteiger partial charge in [0.2, 0.25) is 0 Å². The topological polar surface area (TPSA) is 61.6 Å². The zero-order valence-electron chi connectivity index (χ0n) is 10.0. The second kappa shape index (κ2) is 4.87. The predicted octanol–water partition coefficient (Wildman–Crippen LogP) is 2.97. The van der Waals surface area contributed by atoms with Crippen molar-refractivity contribution in [3.63, 3.8) is 0 Å². The second-order valence-electron chi connectivity index (χ2n) is 4.51. The molecule has 3 rings (SSSR count). The van der Waals surface area contributed by atoms with Gasteiger partial charge in [0.25, 0.3) is 0 Å². The number of benzene rings is 1. The molecule has 0 spiro atoms. The summed E-state index contributed by atoms with van der Waals surface area (Å²) < 4.78 is 0. The van der Waals surface area contributed by atoms with E-state index < -0.39 is 0 Å². The van der Waals surface area contributed by atoms with Crippen molar-refractivity contribution in [3.05, 3.63) is 52.9 Å². The van der Waals surface area contributed by atoms with Gasteiger partial charge in [-0.15, -0.1) is 0 Å². The highest BCUT2D eigenvalue weighted by atomic mass is 35.5. The van der Waals surface area contributed by atoms with E-state index >= 15 is 0 Å². The van der Waals surface area contributed by atoms with Crippen LogP contribution in [0.3, 0.4) is 0 Å². The molecule has 1 heterocycles. The first kappa shape index (κ1) is 11.9. The van der Waals surface area contributed by atoms with Crippen LogP contribution in [-0.4, -0.2) is 16.0 Å². The van der Waals surface area contributed by atoms with Crippen molar-refractivity contribution in [2.24, 2.45) is 0 Å². The molecule has 0 radical (unpaired) electrons. The number of rotatable bonds is 3. The van der Waals surface area contributed by atoms with Crippen LogP contribution in [0.25, 0.3) is 0 Å². The minimum atomic E-state index is 0.294. The highest BCUT2D eigenvalue weighted by molar-refractivity contribution is 6.30. The Hall–Kier alpha value is -2.12. The van der Waals surface area contributed by atoms with Crippen LogP contribution in [-0.2, 0) is 0 Å². The number of nitriles is 1. The number of hydrogen-bond donors (Lipinski definition) is 1. The summed E-state index contributed by atoms with van der Waals surface area (Å²) in [5, 5.41) is 13.0. The van der Waals surface area contributed by atoms with Gasteiger partial charge in [0.05, 0.1) is 0 Å². The zero-order chi connectivity index (χ0) is 13.2. The average Bonchev–Trinajstić information content (AvgIpc) is 3.19. The third kappa shape index (κ3) is 2.51. The van der Waals surface area contributed by atoms with Gasteiger partial charge in [-0.1, -0.05) is 23.7 Å². The highest BCUT2D eigenvalue weighted by Gasteiger charge is 2.39. The fourth-order valence-electron chi connectivity index (χ4n) is 2.16. The smallest absolute Gasteiger partial charge is 0.182 e. The maximum Gasteiger partial charge on any atom is 0.182 e. The van der Waals surface area contributed by atoms with Crippen LogP contribution in [0.15, 0.2) is 36.7 Å². The van der Waals surface area contributed by atoms with Gasteiger partial charge in [-0.05, 0) is 24.1 Å². The molecule has 0 saturated heterocycles. The molecule has 2 unspecified atom stereocenters. The predicted molar refractivity (Wildman–Crippen MR) is 73.0 cm³/mol. The van der Waals surface area contributed by atoms with E-state index in [1.807, 2.05) is 24.3 Å². The largest absolute Gasteiger partial charge is 0.364 e. The summed E-state index contributed by atoms with van der Waals surface area (Å²) in [4.78, 5) is 8.14. The van der Waals surface area contributed by atoms with Gasteiger partial charge in [-0.2, -0.15) is 5.26 Å². The molecule has 1 aromatic heterocycles. The van der Waals surface area contributed by atoms with Gasteiger partial charge in [-0.3, -0.25) is 0 Å². The van der Waals surface area contributed by atoms with Gasteiger partial charge in [0, 0.05) is 29.4 Å². The molecule has 1 fully saturated rings. The first-order valence-electron chi connectivity index (χ1n) is 6.01. The number of anilines is 1. The fourth-order valence-corrected chi connectivity index (χ4v) is 2.36. The Labute approximate surface area is 116 Å². The van der Waals surface area contributed by atoms with E-state index in [1.54, 1.807) is 6.20 Å². The molecule has 1 N–H and O–H groups in total. The molecule has 1 aliphatic rings. The molecule has 0 bridgehead atoms. The number of aromatic nitrogens is 2. The Morgan fingerprint density at radius 3 is 2.95 bits per heavy atom. The van der Waals surface area contributed by atoms with E-state index in [2.05, 4.69) is 21.4 Å². The Bertz CT molecular complexity index is 650. The average molecular weight is 271 g/mol. The lowest BCUT2D eigenvalue weighted by atomic mass is 10.1. The number of nitrogens with one attached hydrogen (secondary N) is 1. The van der Waals surface area contributed by atoms with Crippen LogP contribution in [0.5, 0.6) is 0 Å². The molecule has 1 aliphatic carbocycles. The Morgan fingerprint density at radius 1 is 1.32 bits per heavy atom. The zero-order valence-corrected chi connectivity index (χ0v) is 10.8. The van der Waals surface area contributed by atoms with Gasteiger partial charge in [0.15, 0.2) is 11.5 Å². The summed E-state index contributed by atoms with van der Waals surface area (Å²) >= 11 is 5.99. The summed E-state index contributed by atoms with van der Waals surface area (Å²) in [5.41, 5.74) is 1.55. The Kier molecular flexibility index (Phi) is 3.06. The van der Waals surface area contributed by atoms with E-state index in [9.17, 15) is 0 Å². The summed E-state index contributed by atoms with van der Waals surface area (Å²) in [6.45, 7) is 0. The monoisotopic (exact) mass is 270 g/mol. The maximum atomic E-state index is 8.96. The molecule has 4 nitrogen and oxygen atoms in total. The van der Waals surface area contributed by atoms with Crippen LogP contribution in [0, 0.1) is 11.3 Å². The first-order valence-corrected chi connectivity index (χ1v) is 6.39. The fraction of sp³-hybridized carbons (Fsp3) is 0.214.